The average Bonchev–Trinajstić information content (AvgIpc) is 3.25. The summed E-state index contributed by atoms with van der Waals surface area (Å²) in [6, 6.07) is 14.7. The Labute approximate surface area is 194 Å². The van der Waals surface area contributed by atoms with Gasteiger partial charge in [-0.15, -0.1) is 12.4 Å². The summed E-state index contributed by atoms with van der Waals surface area (Å²) in [6.07, 6.45) is 7.47. The molecule has 0 spiro atoms. The van der Waals surface area contributed by atoms with Crippen LogP contribution in [-0.2, 0) is 12.8 Å². The van der Waals surface area contributed by atoms with Crippen molar-refractivity contribution in [1.82, 2.24) is 14.9 Å². The Morgan fingerprint density at radius 1 is 1.00 bits per heavy atom. The van der Waals surface area contributed by atoms with Crippen molar-refractivity contribution in [1.29, 1.82) is 0 Å². The monoisotopic (exact) mass is 487 g/mol. The molecule has 0 bridgehead atoms. The molecule has 3 aromatic rings. The van der Waals surface area contributed by atoms with Crippen molar-refractivity contribution < 1.29 is 0 Å². The molecular weight excluding hydrogens is 458 g/mol. The largest absolute Gasteiger partial charge is 0.325 e. The second-order valence-electron chi connectivity index (χ2n) is 9.12. The molecule has 3 nitrogen and oxygen atoms in total. The normalized spacial score (nSPS) is 23.4. The molecule has 1 saturated carbocycles. The second-order valence-corrected chi connectivity index (χ2v) is 10.0. The number of fused-ring (bicyclic) bond motifs is 2. The van der Waals surface area contributed by atoms with E-state index in [4.69, 9.17) is 4.98 Å². The Kier molecular flexibility index (Phi) is 6.57. The van der Waals surface area contributed by atoms with E-state index in [1.807, 2.05) is 0 Å². The SMILES string of the molecule is Cc1ccc2c(c1)nc(C)n2C1CCC(NCC2Cc3ccc(Br)cc3C2)CC1.Cl. The Morgan fingerprint density at radius 2 is 1.77 bits per heavy atom. The van der Waals surface area contributed by atoms with Gasteiger partial charge in [-0.2, -0.15) is 0 Å². The first-order valence-electron chi connectivity index (χ1n) is 11.0. The molecule has 5 heteroatoms. The smallest absolute Gasteiger partial charge is 0.106 e. The van der Waals surface area contributed by atoms with Crippen LogP contribution in [0.2, 0.25) is 0 Å². The number of hydrogen-bond donors (Lipinski definition) is 1. The van der Waals surface area contributed by atoms with Crippen LogP contribution < -0.4 is 5.32 Å². The molecule has 30 heavy (non-hydrogen) atoms. The van der Waals surface area contributed by atoms with Crippen LogP contribution >= 0.6 is 28.3 Å². The lowest BCUT2D eigenvalue weighted by atomic mass is 9.90. The first-order valence-corrected chi connectivity index (χ1v) is 11.8. The van der Waals surface area contributed by atoms with E-state index in [0.29, 0.717) is 12.1 Å². The number of aromatic nitrogens is 2. The van der Waals surface area contributed by atoms with Gasteiger partial charge in [0, 0.05) is 16.6 Å². The molecule has 1 aromatic heterocycles. The zero-order chi connectivity index (χ0) is 20.0. The van der Waals surface area contributed by atoms with E-state index in [0.717, 1.165) is 23.8 Å². The summed E-state index contributed by atoms with van der Waals surface area (Å²) in [5.74, 6) is 1.91. The summed E-state index contributed by atoms with van der Waals surface area (Å²) in [4.78, 5) is 4.83. The minimum atomic E-state index is 0. The van der Waals surface area contributed by atoms with E-state index in [1.54, 1.807) is 5.56 Å². The van der Waals surface area contributed by atoms with Gasteiger partial charge in [0.2, 0.25) is 0 Å². The van der Waals surface area contributed by atoms with Crippen LogP contribution in [0.25, 0.3) is 11.0 Å². The van der Waals surface area contributed by atoms with E-state index < -0.39 is 0 Å². The predicted molar refractivity (Wildman–Crippen MR) is 131 cm³/mol. The van der Waals surface area contributed by atoms with Crippen molar-refractivity contribution in [3.8, 4) is 0 Å². The molecule has 1 atom stereocenters. The van der Waals surface area contributed by atoms with Gasteiger partial charge in [0.25, 0.3) is 0 Å². The molecule has 1 heterocycles. The second kappa shape index (κ2) is 9.02. The van der Waals surface area contributed by atoms with Crippen LogP contribution in [0.5, 0.6) is 0 Å². The third-order valence-electron chi connectivity index (χ3n) is 6.96. The van der Waals surface area contributed by atoms with E-state index in [2.05, 4.69) is 76.1 Å². The fourth-order valence-electron chi connectivity index (χ4n) is 5.48. The molecular formula is C25H31BrClN3. The van der Waals surface area contributed by atoms with E-state index in [1.165, 1.54) is 59.6 Å². The minimum absolute atomic E-state index is 0. The van der Waals surface area contributed by atoms with E-state index >= 15 is 0 Å². The molecule has 1 unspecified atom stereocenters. The molecule has 2 aliphatic rings. The Hall–Kier alpha value is -1.36. The summed E-state index contributed by atoms with van der Waals surface area (Å²) < 4.78 is 3.71. The molecule has 1 fully saturated rings. The van der Waals surface area contributed by atoms with Gasteiger partial charge >= 0.3 is 0 Å². The maximum Gasteiger partial charge on any atom is 0.106 e. The van der Waals surface area contributed by atoms with Crippen LogP contribution in [0, 0.1) is 19.8 Å². The molecule has 2 aliphatic carbocycles. The van der Waals surface area contributed by atoms with Gasteiger partial charge in [-0.25, -0.2) is 4.98 Å². The van der Waals surface area contributed by atoms with Crippen molar-refractivity contribution in [2.45, 2.75) is 64.5 Å². The zero-order valence-electron chi connectivity index (χ0n) is 17.8. The summed E-state index contributed by atoms with van der Waals surface area (Å²) >= 11 is 3.61. The first-order chi connectivity index (χ1) is 14.1. The van der Waals surface area contributed by atoms with Crippen LogP contribution in [0.4, 0.5) is 0 Å². The molecule has 5 rings (SSSR count). The van der Waals surface area contributed by atoms with Crippen molar-refractivity contribution in [2.75, 3.05) is 6.54 Å². The van der Waals surface area contributed by atoms with Gasteiger partial charge in [-0.05, 0) is 106 Å². The molecule has 0 saturated heterocycles. The number of benzene rings is 2. The molecule has 0 amide bonds. The molecule has 160 valence electrons. The van der Waals surface area contributed by atoms with Gasteiger partial charge in [-0.3, -0.25) is 0 Å². The number of imidazole rings is 1. The van der Waals surface area contributed by atoms with Gasteiger partial charge < -0.3 is 9.88 Å². The highest BCUT2D eigenvalue weighted by atomic mass is 79.9. The van der Waals surface area contributed by atoms with Crippen molar-refractivity contribution in [2.24, 2.45) is 5.92 Å². The standard InChI is InChI=1S/C25H30BrN3.ClH/c1-16-3-10-25-24(11-16)28-17(2)29(25)23-8-6-22(7-9-23)27-15-18-12-19-4-5-21(26)14-20(19)13-18;/h3-5,10-11,14,18,22-23,27H,6-9,12-13,15H2,1-2H3;1H. The van der Waals surface area contributed by atoms with Gasteiger partial charge in [-0.1, -0.05) is 28.1 Å². The fraction of sp³-hybridized carbons (Fsp3) is 0.480. The van der Waals surface area contributed by atoms with E-state index in [9.17, 15) is 0 Å². The summed E-state index contributed by atoms with van der Waals surface area (Å²) in [5.41, 5.74) is 6.82. The predicted octanol–water partition coefficient (Wildman–Crippen LogP) is 6.33. The van der Waals surface area contributed by atoms with Crippen LogP contribution in [0.15, 0.2) is 40.9 Å². The lowest BCUT2D eigenvalue weighted by Crippen LogP contribution is -2.37. The molecule has 0 aliphatic heterocycles. The topological polar surface area (TPSA) is 29.9 Å². The lowest BCUT2D eigenvalue weighted by Gasteiger charge is -2.31. The first kappa shape index (κ1) is 21.9. The van der Waals surface area contributed by atoms with Crippen molar-refractivity contribution in [3.05, 3.63) is 63.4 Å². The van der Waals surface area contributed by atoms with Gasteiger partial charge in [0.15, 0.2) is 0 Å². The summed E-state index contributed by atoms with van der Waals surface area (Å²) in [5, 5.41) is 3.90. The highest BCUT2D eigenvalue weighted by Gasteiger charge is 2.26. The highest BCUT2D eigenvalue weighted by molar-refractivity contribution is 9.10. The number of nitrogens with one attached hydrogen (secondary N) is 1. The third-order valence-corrected chi connectivity index (χ3v) is 7.46. The van der Waals surface area contributed by atoms with Crippen LogP contribution in [0.1, 0.15) is 54.2 Å². The van der Waals surface area contributed by atoms with Crippen LogP contribution in [-0.4, -0.2) is 22.1 Å². The molecule has 2 aromatic carbocycles. The van der Waals surface area contributed by atoms with Gasteiger partial charge in [0.1, 0.15) is 5.82 Å². The van der Waals surface area contributed by atoms with Crippen molar-refractivity contribution >= 4 is 39.4 Å². The van der Waals surface area contributed by atoms with Crippen LogP contribution in [0.3, 0.4) is 0 Å². The highest BCUT2D eigenvalue weighted by Crippen LogP contribution is 2.34. The van der Waals surface area contributed by atoms with Crippen molar-refractivity contribution in [3.63, 3.8) is 0 Å². The summed E-state index contributed by atoms with van der Waals surface area (Å²) in [6.45, 7) is 5.45. The maximum atomic E-state index is 4.83. The zero-order valence-corrected chi connectivity index (χ0v) is 20.2. The number of aryl methyl sites for hydroxylation is 2. The fourth-order valence-corrected chi connectivity index (χ4v) is 5.89. The quantitative estimate of drug-likeness (QED) is 0.465. The molecule has 0 radical (unpaired) electrons. The lowest BCUT2D eigenvalue weighted by molar-refractivity contribution is 0.283. The Morgan fingerprint density at radius 3 is 2.57 bits per heavy atom. The maximum absolute atomic E-state index is 4.83. The number of halogens is 2. The Bertz CT molecular complexity index is 1040. The number of nitrogens with zero attached hydrogens (tertiary/aromatic N) is 2. The summed E-state index contributed by atoms with van der Waals surface area (Å²) in [7, 11) is 0. The third kappa shape index (κ3) is 4.32. The number of rotatable bonds is 4. The average molecular weight is 489 g/mol. The Balaban J connectivity index is 0.00000218. The van der Waals surface area contributed by atoms with Gasteiger partial charge in [0.05, 0.1) is 11.0 Å². The number of hydrogen-bond acceptors (Lipinski definition) is 2. The van der Waals surface area contributed by atoms with E-state index in [-0.39, 0.29) is 12.4 Å². The molecule has 1 N–H and O–H groups in total. The minimum Gasteiger partial charge on any atom is -0.325 e.